The van der Waals surface area contributed by atoms with Crippen molar-refractivity contribution in [2.75, 3.05) is 7.11 Å². The van der Waals surface area contributed by atoms with Crippen LogP contribution in [0.4, 0.5) is 4.39 Å². The van der Waals surface area contributed by atoms with Gasteiger partial charge in [-0.1, -0.05) is 0 Å². The van der Waals surface area contributed by atoms with Gasteiger partial charge in [-0.05, 0) is 13.0 Å². The van der Waals surface area contributed by atoms with Crippen LogP contribution >= 0.6 is 0 Å². The highest BCUT2D eigenvalue weighted by atomic mass is 19.1. The average molecular weight is 208 g/mol. The molecular weight excluding hydrogens is 199 g/mol. The van der Waals surface area contributed by atoms with E-state index in [0.717, 1.165) is 11.8 Å². The number of aromatic nitrogens is 2. The molecule has 0 atom stereocenters. The molecule has 0 spiro atoms. The Bertz CT molecular complexity index is 533. The third kappa shape index (κ3) is 1.45. The molecule has 2 heterocycles. The molecular formula is C10H9FN2O2. The van der Waals surface area contributed by atoms with Gasteiger partial charge < -0.3 is 9.14 Å². The predicted octanol–water partition coefficient (Wildman–Crippen LogP) is 1.57. The van der Waals surface area contributed by atoms with Crippen molar-refractivity contribution < 1.29 is 13.9 Å². The highest BCUT2D eigenvalue weighted by Crippen LogP contribution is 2.14. The van der Waals surface area contributed by atoms with Crippen LogP contribution in [0.2, 0.25) is 0 Å². The number of nitrogens with zero attached hydrogens (tertiary/aromatic N) is 2. The second-order valence-corrected chi connectivity index (χ2v) is 3.16. The zero-order valence-electron chi connectivity index (χ0n) is 8.32. The normalized spacial score (nSPS) is 10.6. The molecule has 2 aromatic heterocycles. The summed E-state index contributed by atoms with van der Waals surface area (Å²) < 4.78 is 19.3. The van der Waals surface area contributed by atoms with Gasteiger partial charge in [-0.2, -0.15) is 0 Å². The van der Waals surface area contributed by atoms with Gasteiger partial charge in [-0.15, -0.1) is 0 Å². The van der Waals surface area contributed by atoms with Crippen molar-refractivity contribution in [3.63, 3.8) is 0 Å². The number of aryl methyl sites for hydroxylation is 1. The molecule has 0 amide bonds. The number of methoxy groups -OCH3 is 1. The number of ether oxygens (including phenoxy) is 1. The summed E-state index contributed by atoms with van der Waals surface area (Å²) in [6.45, 7) is 1.78. The standard InChI is InChI=1S/C10H9FN2O2/c1-6-4-12-9-8(10(14)15-2)3-7(11)5-13(6)9/h3-5H,1-2H3. The molecule has 5 heteroatoms. The van der Waals surface area contributed by atoms with Crippen LogP contribution in [0.1, 0.15) is 16.1 Å². The summed E-state index contributed by atoms with van der Waals surface area (Å²) in [6.07, 6.45) is 2.85. The first kappa shape index (κ1) is 9.64. The van der Waals surface area contributed by atoms with E-state index in [9.17, 15) is 9.18 Å². The SMILES string of the molecule is COC(=O)c1cc(F)cn2c(C)cnc12. The third-order valence-corrected chi connectivity index (χ3v) is 2.16. The highest BCUT2D eigenvalue weighted by Gasteiger charge is 2.14. The van der Waals surface area contributed by atoms with Gasteiger partial charge in [0.25, 0.3) is 0 Å². The molecule has 2 rings (SSSR count). The minimum atomic E-state index is -0.592. The van der Waals surface area contributed by atoms with Crippen LogP contribution in [-0.2, 0) is 4.74 Å². The fraction of sp³-hybridized carbons (Fsp3) is 0.200. The molecule has 0 aromatic carbocycles. The van der Waals surface area contributed by atoms with Gasteiger partial charge in [0.05, 0.1) is 7.11 Å². The number of hydrogen-bond donors (Lipinski definition) is 0. The molecule has 78 valence electrons. The topological polar surface area (TPSA) is 43.6 Å². The molecule has 15 heavy (non-hydrogen) atoms. The zero-order valence-corrected chi connectivity index (χ0v) is 8.32. The smallest absolute Gasteiger partial charge is 0.341 e. The molecule has 0 fully saturated rings. The van der Waals surface area contributed by atoms with E-state index in [-0.39, 0.29) is 5.56 Å². The Hall–Kier alpha value is -1.91. The van der Waals surface area contributed by atoms with Crippen molar-refractivity contribution in [3.05, 3.63) is 35.5 Å². The molecule has 2 aromatic rings. The van der Waals surface area contributed by atoms with Crippen molar-refractivity contribution >= 4 is 11.6 Å². The zero-order chi connectivity index (χ0) is 11.0. The summed E-state index contributed by atoms with van der Waals surface area (Å²) in [7, 11) is 1.25. The van der Waals surface area contributed by atoms with Crippen molar-refractivity contribution in [2.45, 2.75) is 6.92 Å². The first-order valence-electron chi connectivity index (χ1n) is 4.35. The highest BCUT2D eigenvalue weighted by molar-refractivity contribution is 5.95. The van der Waals surface area contributed by atoms with Crippen molar-refractivity contribution in [2.24, 2.45) is 0 Å². The lowest BCUT2D eigenvalue weighted by Crippen LogP contribution is -2.05. The fourth-order valence-electron chi connectivity index (χ4n) is 1.43. The van der Waals surface area contributed by atoms with Gasteiger partial charge in [0.1, 0.15) is 11.4 Å². The van der Waals surface area contributed by atoms with Crippen LogP contribution in [0.5, 0.6) is 0 Å². The number of halogens is 1. The number of esters is 1. The number of carbonyl (C=O) groups is 1. The molecule has 4 nitrogen and oxygen atoms in total. The summed E-state index contributed by atoms with van der Waals surface area (Å²) in [4.78, 5) is 15.4. The van der Waals surface area contributed by atoms with Crippen molar-refractivity contribution in [1.82, 2.24) is 9.38 Å². The largest absolute Gasteiger partial charge is 0.465 e. The molecule has 0 N–H and O–H groups in total. The minimum absolute atomic E-state index is 0.130. The molecule has 0 saturated carbocycles. The third-order valence-electron chi connectivity index (χ3n) is 2.16. The van der Waals surface area contributed by atoms with Gasteiger partial charge in [-0.25, -0.2) is 14.2 Å². The Kier molecular flexibility index (Phi) is 2.15. The Morgan fingerprint density at radius 3 is 3.00 bits per heavy atom. The first-order chi connectivity index (χ1) is 7.13. The number of hydrogen-bond acceptors (Lipinski definition) is 3. The summed E-state index contributed by atoms with van der Waals surface area (Å²) in [5, 5.41) is 0. The van der Waals surface area contributed by atoms with Gasteiger partial charge in [0.2, 0.25) is 0 Å². The summed E-state index contributed by atoms with van der Waals surface area (Å²) in [5.74, 6) is -1.09. The first-order valence-corrected chi connectivity index (χ1v) is 4.35. The molecule has 0 saturated heterocycles. The van der Waals surface area contributed by atoms with Gasteiger partial charge >= 0.3 is 5.97 Å². The van der Waals surface area contributed by atoms with Crippen LogP contribution in [0.25, 0.3) is 5.65 Å². The Morgan fingerprint density at radius 2 is 2.33 bits per heavy atom. The average Bonchev–Trinajstić information content (AvgIpc) is 2.58. The van der Waals surface area contributed by atoms with Crippen molar-refractivity contribution in [3.8, 4) is 0 Å². The monoisotopic (exact) mass is 208 g/mol. The van der Waals surface area contributed by atoms with E-state index in [1.807, 2.05) is 0 Å². The summed E-state index contributed by atoms with van der Waals surface area (Å²) in [6, 6.07) is 1.12. The maximum Gasteiger partial charge on any atom is 0.341 e. The van der Waals surface area contributed by atoms with E-state index < -0.39 is 11.8 Å². The molecule has 0 radical (unpaired) electrons. The number of pyridine rings is 1. The van der Waals surface area contributed by atoms with Crippen LogP contribution in [0, 0.1) is 12.7 Å². The van der Waals surface area contributed by atoms with E-state index in [0.29, 0.717) is 5.65 Å². The summed E-state index contributed by atoms with van der Waals surface area (Å²) >= 11 is 0. The lowest BCUT2D eigenvalue weighted by atomic mass is 10.2. The second-order valence-electron chi connectivity index (χ2n) is 3.16. The molecule has 0 bridgehead atoms. The van der Waals surface area contributed by atoms with E-state index in [4.69, 9.17) is 0 Å². The van der Waals surface area contributed by atoms with E-state index in [1.54, 1.807) is 13.1 Å². The summed E-state index contributed by atoms with van der Waals surface area (Å²) in [5.41, 5.74) is 1.29. The quantitative estimate of drug-likeness (QED) is 0.668. The maximum absolute atomic E-state index is 13.2. The van der Waals surface area contributed by atoms with E-state index >= 15 is 0 Å². The molecule has 0 aliphatic carbocycles. The van der Waals surface area contributed by atoms with Gasteiger partial charge in [0, 0.05) is 18.1 Å². The lowest BCUT2D eigenvalue weighted by molar-refractivity contribution is 0.0601. The van der Waals surface area contributed by atoms with Gasteiger partial charge in [0.15, 0.2) is 5.65 Å². The molecule has 0 aliphatic heterocycles. The Morgan fingerprint density at radius 1 is 1.60 bits per heavy atom. The number of fused-ring (bicyclic) bond motifs is 1. The van der Waals surface area contributed by atoms with Crippen LogP contribution < -0.4 is 0 Å². The maximum atomic E-state index is 13.2. The van der Waals surface area contributed by atoms with E-state index in [2.05, 4.69) is 9.72 Å². The minimum Gasteiger partial charge on any atom is -0.465 e. The Labute approximate surface area is 85.3 Å². The number of rotatable bonds is 1. The van der Waals surface area contributed by atoms with E-state index in [1.165, 1.54) is 17.7 Å². The lowest BCUT2D eigenvalue weighted by Gasteiger charge is -2.03. The number of imidazole rings is 1. The molecule has 0 aliphatic rings. The van der Waals surface area contributed by atoms with Crippen LogP contribution in [-0.4, -0.2) is 22.5 Å². The second kappa shape index (κ2) is 3.34. The predicted molar refractivity (Wildman–Crippen MR) is 51.2 cm³/mol. The van der Waals surface area contributed by atoms with Gasteiger partial charge in [-0.3, -0.25) is 0 Å². The van der Waals surface area contributed by atoms with Crippen molar-refractivity contribution in [1.29, 1.82) is 0 Å². The van der Waals surface area contributed by atoms with Crippen LogP contribution in [0.15, 0.2) is 18.5 Å². The fourth-order valence-corrected chi connectivity index (χ4v) is 1.43. The van der Waals surface area contributed by atoms with Crippen LogP contribution in [0.3, 0.4) is 0 Å². The molecule has 0 unspecified atom stereocenters. The Balaban J connectivity index is 2.78. The number of carbonyl (C=O) groups excluding carboxylic acids is 1.